The molecule has 2 aromatic heterocycles. The van der Waals surface area contributed by atoms with Crippen molar-refractivity contribution < 1.29 is 37.8 Å². The summed E-state index contributed by atoms with van der Waals surface area (Å²) in [5.74, 6) is 2.26. The molecule has 5 heterocycles. The van der Waals surface area contributed by atoms with Crippen molar-refractivity contribution in [2.75, 3.05) is 25.6 Å². The topological polar surface area (TPSA) is 173 Å². The number of fused-ring (bicyclic) bond motifs is 2. The number of hydrogen-bond donors (Lipinski definition) is 2. The number of nitrogens with one attached hydrogen (secondary N) is 1. The van der Waals surface area contributed by atoms with Crippen LogP contribution in [0.1, 0.15) is 39.3 Å². The Morgan fingerprint density at radius 2 is 2.03 bits per heavy atom. The molecule has 0 radical (unpaired) electrons. The summed E-state index contributed by atoms with van der Waals surface area (Å²) in [5, 5.41) is 11.6. The fourth-order valence-electron chi connectivity index (χ4n) is 4.52. The second kappa shape index (κ2) is 9.97. The van der Waals surface area contributed by atoms with Crippen LogP contribution >= 0.6 is 7.82 Å². The molecule has 2 saturated heterocycles. The third kappa shape index (κ3) is 5.52. The van der Waals surface area contributed by atoms with Gasteiger partial charge < -0.3 is 24.4 Å². The van der Waals surface area contributed by atoms with Crippen molar-refractivity contribution in [3.8, 4) is 12.3 Å². The Morgan fingerprint density at radius 3 is 2.76 bits per heavy atom. The molecule has 37 heavy (non-hydrogen) atoms. The van der Waals surface area contributed by atoms with Crippen molar-refractivity contribution >= 4 is 24.8 Å². The lowest BCUT2D eigenvalue weighted by atomic mass is 10.0. The Morgan fingerprint density at radius 1 is 1.24 bits per heavy atom. The normalized spacial score (nSPS) is 28.6. The van der Waals surface area contributed by atoms with E-state index >= 15 is 0 Å². The minimum absolute atomic E-state index is 0.305. The second-order valence-corrected chi connectivity index (χ2v) is 10.6. The molecule has 5 rings (SSSR count). The molecule has 5 atom stereocenters. The summed E-state index contributed by atoms with van der Waals surface area (Å²) in [6, 6.07) is 0. The summed E-state index contributed by atoms with van der Waals surface area (Å²) >= 11 is 0. The van der Waals surface area contributed by atoms with Gasteiger partial charge in [0.1, 0.15) is 24.6 Å². The van der Waals surface area contributed by atoms with Crippen molar-refractivity contribution in [1.82, 2.24) is 19.5 Å². The minimum Gasteiger partial charge on any atom is -0.368 e. The van der Waals surface area contributed by atoms with E-state index in [2.05, 4.69) is 46.0 Å². The highest BCUT2D eigenvalue weighted by atomic mass is 31.2. The van der Waals surface area contributed by atoms with Crippen LogP contribution in [-0.2, 0) is 32.9 Å². The van der Waals surface area contributed by atoms with Crippen LogP contribution in [0.25, 0.3) is 11.2 Å². The number of phosphoric ester groups is 1. The maximum Gasteiger partial charge on any atom is 0.499 e. The first-order chi connectivity index (χ1) is 17.7. The number of hydrogen-bond acceptors (Lipinski definition) is 13. The van der Waals surface area contributed by atoms with E-state index in [4.69, 9.17) is 25.2 Å². The van der Waals surface area contributed by atoms with E-state index in [9.17, 15) is 9.46 Å². The molecule has 200 valence electrons. The Labute approximate surface area is 212 Å². The van der Waals surface area contributed by atoms with Gasteiger partial charge in [0, 0.05) is 25.8 Å². The molecule has 2 fully saturated rings. The molecule has 0 bridgehead atoms. The highest BCUT2D eigenvalue weighted by Crippen LogP contribution is 2.47. The number of rotatable bonds is 12. The van der Waals surface area contributed by atoms with E-state index < -0.39 is 43.8 Å². The number of imidazole rings is 1. The molecular weight excluding hydrogens is 509 g/mol. The SMILES string of the molecule is C#CCCC1(CCNc2ncnc3c2ncn3C2OC(COP(=O)(O)OOC)C3OC(C)(C)OC32)N=N1. The number of aromatic nitrogens is 4. The Bertz CT molecular complexity index is 1260. The van der Waals surface area contributed by atoms with Gasteiger partial charge in [0.05, 0.1) is 20.0 Å². The predicted octanol–water partition coefficient (Wildman–Crippen LogP) is 2.32. The minimum atomic E-state index is -4.43. The molecule has 2 N–H and O–H groups in total. The maximum absolute atomic E-state index is 11.9. The van der Waals surface area contributed by atoms with Crippen LogP contribution in [0.15, 0.2) is 22.9 Å². The number of phosphoric acid groups is 1. The zero-order valence-corrected chi connectivity index (χ0v) is 21.4. The van der Waals surface area contributed by atoms with Gasteiger partial charge in [0.15, 0.2) is 34.7 Å². The average molecular weight is 537 g/mol. The third-order valence-corrected chi connectivity index (χ3v) is 7.01. The van der Waals surface area contributed by atoms with Crippen LogP contribution in [0.3, 0.4) is 0 Å². The number of terminal acetylenes is 1. The monoisotopic (exact) mass is 537 g/mol. The van der Waals surface area contributed by atoms with Crippen molar-refractivity contribution in [3.63, 3.8) is 0 Å². The van der Waals surface area contributed by atoms with Gasteiger partial charge in [-0.25, -0.2) is 24.4 Å². The fraction of sp³-hybridized carbons (Fsp3) is 0.667. The van der Waals surface area contributed by atoms with Crippen molar-refractivity contribution in [3.05, 3.63) is 12.7 Å². The smallest absolute Gasteiger partial charge is 0.368 e. The van der Waals surface area contributed by atoms with E-state index in [0.29, 0.717) is 42.8 Å². The van der Waals surface area contributed by atoms with Gasteiger partial charge in [-0.2, -0.15) is 10.2 Å². The van der Waals surface area contributed by atoms with Crippen LogP contribution < -0.4 is 5.32 Å². The quantitative estimate of drug-likeness (QED) is 0.175. The largest absolute Gasteiger partial charge is 0.499 e. The number of anilines is 1. The van der Waals surface area contributed by atoms with Gasteiger partial charge in [0.2, 0.25) is 0 Å². The highest BCUT2D eigenvalue weighted by molar-refractivity contribution is 7.47. The Kier molecular flexibility index (Phi) is 7.03. The molecule has 15 nitrogen and oxygen atoms in total. The van der Waals surface area contributed by atoms with Crippen LogP contribution in [0.4, 0.5) is 5.82 Å². The van der Waals surface area contributed by atoms with Gasteiger partial charge >= 0.3 is 7.82 Å². The molecule has 0 amide bonds. The lowest BCUT2D eigenvalue weighted by Gasteiger charge is -2.24. The molecule has 2 aromatic rings. The first kappa shape index (κ1) is 26.1. The zero-order chi connectivity index (χ0) is 26.3. The number of nitrogens with zero attached hydrogens (tertiary/aromatic N) is 6. The summed E-state index contributed by atoms with van der Waals surface area (Å²) < 4.78 is 41.2. The van der Waals surface area contributed by atoms with Gasteiger partial charge in [-0.05, 0) is 13.8 Å². The first-order valence-electron chi connectivity index (χ1n) is 11.7. The molecule has 0 aliphatic carbocycles. The van der Waals surface area contributed by atoms with Crippen LogP contribution in [0.5, 0.6) is 0 Å². The van der Waals surface area contributed by atoms with E-state index in [-0.39, 0.29) is 6.61 Å². The molecule has 0 aromatic carbocycles. The standard InChI is InChI=1S/C21H28N7O8P/c1-5-6-7-21(26-27-21)8-9-22-17-14-18(24-11-23-17)28(12-25-14)19-16-15(34-20(2,3)35-16)13(33-19)10-32-37(29,30)36-31-4/h1,11-13,15-16,19H,6-10H2,2-4H3,(H,29,30)(H,22,23,24). The van der Waals surface area contributed by atoms with E-state index in [1.807, 2.05) is 0 Å². The summed E-state index contributed by atoms with van der Waals surface area (Å²) in [7, 11) is -3.33. The molecule has 3 aliphatic rings. The van der Waals surface area contributed by atoms with Crippen LogP contribution in [-0.4, -0.2) is 74.4 Å². The Hall–Kier alpha value is -2.54. The average Bonchev–Trinajstić information content (AvgIpc) is 3.18. The fourth-order valence-corrected chi connectivity index (χ4v) is 5.08. The van der Waals surface area contributed by atoms with E-state index in [0.717, 1.165) is 7.11 Å². The summed E-state index contributed by atoms with van der Waals surface area (Å²) in [4.78, 5) is 27.2. The molecule has 0 spiro atoms. The van der Waals surface area contributed by atoms with Crippen LogP contribution in [0, 0.1) is 12.3 Å². The van der Waals surface area contributed by atoms with Gasteiger partial charge in [-0.1, -0.05) is 0 Å². The molecule has 3 aliphatic heterocycles. The predicted molar refractivity (Wildman–Crippen MR) is 126 cm³/mol. The van der Waals surface area contributed by atoms with Crippen LogP contribution in [0.2, 0.25) is 0 Å². The summed E-state index contributed by atoms with van der Waals surface area (Å²) in [6.07, 6.45) is 7.76. The summed E-state index contributed by atoms with van der Waals surface area (Å²) in [5.41, 5.74) is 0.638. The van der Waals surface area contributed by atoms with E-state index in [1.54, 1.807) is 24.7 Å². The molecule has 5 unspecified atom stereocenters. The lowest BCUT2D eigenvalue weighted by Crippen LogP contribution is -2.32. The third-order valence-electron chi connectivity index (χ3n) is 6.20. The number of ether oxygens (including phenoxy) is 3. The molecular formula is C21H28N7O8P. The van der Waals surface area contributed by atoms with E-state index in [1.165, 1.54) is 6.33 Å². The molecule has 0 saturated carbocycles. The highest BCUT2D eigenvalue weighted by Gasteiger charge is 2.56. The zero-order valence-electron chi connectivity index (χ0n) is 20.5. The van der Waals surface area contributed by atoms with Crippen molar-refractivity contribution in [1.29, 1.82) is 0 Å². The van der Waals surface area contributed by atoms with Gasteiger partial charge in [0.25, 0.3) is 0 Å². The summed E-state index contributed by atoms with van der Waals surface area (Å²) in [6.45, 7) is 3.81. The van der Waals surface area contributed by atoms with Crippen molar-refractivity contribution in [2.24, 2.45) is 10.2 Å². The Balaban J connectivity index is 1.32. The molecule has 16 heteroatoms. The lowest BCUT2D eigenvalue weighted by molar-refractivity contribution is -0.209. The van der Waals surface area contributed by atoms with Gasteiger partial charge in [-0.15, -0.1) is 17.0 Å². The second-order valence-electron chi connectivity index (χ2n) is 9.25. The maximum atomic E-state index is 11.9. The first-order valence-corrected chi connectivity index (χ1v) is 13.2. The van der Waals surface area contributed by atoms with Crippen molar-refractivity contribution in [2.45, 2.75) is 69.1 Å². The van der Waals surface area contributed by atoms with Gasteiger partial charge in [-0.3, -0.25) is 9.09 Å².